The van der Waals surface area contributed by atoms with Crippen LogP contribution in [-0.4, -0.2) is 28.0 Å². The van der Waals surface area contributed by atoms with Crippen LogP contribution >= 0.6 is 0 Å². The van der Waals surface area contributed by atoms with Crippen molar-refractivity contribution in [2.75, 3.05) is 0 Å². The van der Waals surface area contributed by atoms with Crippen LogP contribution in [0, 0.1) is 5.92 Å². The Morgan fingerprint density at radius 1 is 1.17 bits per heavy atom. The van der Waals surface area contributed by atoms with Gasteiger partial charge in [-0.1, -0.05) is 37.5 Å². The maximum Gasteiger partial charge on any atom is 0.308 e. The number of aryl methyl sites for hydroxylation is 1. The Morgan fingerprint density at radius 3 is 2.79 bits per heavy atom. The summed E-state index contributed by atoms with van der Waals surface area (Å²) in [5.74, 6) is -1.30. The van der Waals surface area contributed by atoms with E-state index in [9.17, 15) is 14.7 Å². The predicted octanol–water partition coefficient (Wildman–Crippen LogP) is 3.25. The van der Waals surface area contributed by atoms with Crippen molar-refractivity contribution in [2.24, 2.45) is 5.92 Å². The third-order valence-electron chi connectivity index (χ3n) is 4.98. The van der Waals surface area contributed by atoms with Gasteiger partial charge in [0.15, 0.2) is 0 Å². The summed E-state index contributed by atoms with van der Waals surface area (Å²) in [5, 5.41) is 13.5. The number of carbonyl (C=O) groups excluding carboxylic acids is 1. The molecule has 1 saturated carbocycles. The Bertz CT molecular complexity index is 722. The molecule has 1 aliphatic rings. The number of para-hydroxylation sites is 1. The van der Waals surface area contributed by atoms with E-state index in [-0.39, 0.29) is 11.9 Å². The molecule has 0 bridgehead atoms. The summed E-state index contributed by atoms with van der Waals surface area (Å²) < 4.78 is 0. The van der Waals surface area contributed by atoms with E-state index in [1.807, 2.05) is 30.5 Å². The Hall–Kier alpha value is -2.30. The number of aromatic nitrogens is 1. The minimum atomic E-state index is -0.793. The third-order valence-corrected chi connectivity index (χ3v) is 4.98. The Labute approximate surface area is 141 Å². The standard InChI is InChI=1S/C19H24N2O3/c22-18(21-17-9-3-1-2-7-15(17)19(23)24)11-10-13-12-20-16-8-5-4-6-14(13)16/h4-6,8,12,15,17,20H,1-3,7,9-11H2,(H,21,22)(H,23,24)/t15-,17+/m1/s1. The summed E-state index contributed by atoms with van der Waals surface area (Å²) in [7, 11) is 0. The van der Waals surface area contributed by atoms with Gasteiger partial charge in [-0.15, -0.1) is 0 Å². The number of hydrogen-bond donors (Lipinski definition) is 3. The molecule has 24 heavy (non-hydrogen) atoms. The third kappa shape index (κ3) is 3.78. The number of aliphatic carboxylic acids is 1. The molecule has 1 heterocycles. The van der Waals surface area contributed by atoms with Gasteiger partial charge in [0.05, 0.1) is 5.92 Å². The first kappa shape index (κ1) is 16.6. The van der Waals surface area contributed by atoms with Crippen molar-refractivity contribution in [1.29, 1.82) is 0 Å². The summed E-state index contributed by atoms with van der Waals surface area (Å²) >= 11 is 0. The van der Waals surface area contributed by atoms with Crippen molar-refractivity contribution in [3.63, 3.8) is 0 Å². The molecule has 3 N–H and O–H groups in total. The van der Waals surface area contributed by atoms with Crippen molar-refractivity contribution >= 4 is 22.8 Å². The molecule has 5 nitrogen and oxygen atoms in total. The second-order valence-electron chi connectivity index (χ2n) is 6.62. The molecule has 0 aliphatic heterocycles. The Kier molecular flexibility index (Phi) is 5.18. The fourth-order valence-electron chi connectivity index (χ4n) is 3.64. The van der Waals surface area contributed by atoms with E-state index in [4.69, 9.17) is 0 Å². The van der Waals surface area contributed by atoms with Crippen LogP contribution < -0.4 is 5.32 Å². The summed E-state index contributed by atoms with van der Waals surface area (Å²) in [4.78, 5) is 27.0. The van der Waals surface area contributed by atoms with E-state index >= 15 is 0 Å². The van der Waals surface area contributed by atoms with Crippen molar-refractivity contribution in [3.05, 3.63) is 36.0 Å². The lowest BCUT2D eigenvalue weighted by molar-refractivity contribution is -0.143. The number of hydrogen-bond acceptors (Lipinski definition) is 2. The van der Waals surface area contributed by atoms with Gasteiger partial charge in [0.1, 0.15) is 0 Å². The van der Waals surface area contributed by atoms with Gasteiger partial charge < -0.3 is 15.4 Å². The Balaban J connectivity index is 1.59. The maximum absolute atomic E-state index is 12.3. The maximum atomic E-state index is 12.3. The van der Waals surface area contributed by atoms with Crippen LogP contribution in [0.2, 0.25) is 0 Å². The van der Waals surface area contributed by atoms with Crippen molar-refractivity contribution in [2.45, 2.75) is 51.0 Å². The number of amides is 1. The Morgan fingerprint density at radius 2 is 1.96 bits per heavy atom. The van der Waals surface area contributed by atoms with Gasteiger partial charge in [0, 0.05) is 29.6 Å². The molecule has 0 unspecified atom stereocenters. The smallest absolute Gasteiger partial charge is 0.308 e. The highest BCUT2D eigenvalue weighted by Gasteiger charge is 2.30. The topological polar surface area (TPSA) is 82.2 Å². The van der Waals surface area contributed by atoms with E-state index < -0.39 is 11.9 Å². The zero-order valence-corrected chi connectivity index (χ0v) is 13.8. The second-order valence-corrected chi connectivity index (χ2v) is 6.62. The molecule has 2 atom stereocenters. The SMILES string of the molecule is O=C(CCc1c[nH]c2ccccc12)N[C@H]1CCCCC[C@H]1C(=O)O. The number of H-pyrrole nitrogens is 1. The van der Waals surface area contributed by atoms with E-state index in [1.54, 1.807) is 0 Å². The molecule has 2 aromatic rings. The average Bonchev–Trinajstić information content (AvgIpc) is 2.83. The van der Waals surface area contributed by atoms with E-state index in [0.717, 1.165) is 42.1 Å². The van der Waals surface area contributed by atoms with Crippen LogP contribution in [0.5, 0.6) is 0 Å². The first-order valence-electron chi connectivity index (χ1n) is 8.72. The second kappa shape index (κ2) is 7.51. The zero-order valence-electron chi connectivity index (χ0n) is 13.8. The van der Waals surface area contributed by atoms with Crippen molar-refractivity contribution in [3.8, 4) is 0 Å². The molecule has 1 amide bonds. The van der Waals surface area contributed by atoms with Gasteiger partial charge in [0.2, 0.25) is 5.91 Å². The fraction of sp³-hybridized carbons (Fsp3) is 0.474. The number of benzene rings is 1. The number of rotatable bonds is 5. The normalized spacial score (nSPS) is 21.3. The van der Waals surface area contributed by atoms with Crippen LogP contribution in [0.25, 0.3) is 10.9 Å². The number of carbonyl (C=O) groups is 2. The number of fused-ring (bicyclic) bond motifs is 1. The summed E-state index contributed by atoms with van der Waals surface area (Å²) in [5.41, 5.74) is 2.19. The molecule has 0 radical (unpaired) electrons. The van der Waals surface area contributed by atoms with Crippen LogP contribution in [0.15, 0.2) is 30.5 Å². The van der Waals surface area contributed by atoms with Gasteiger partial charge in [-0.2, -0.15) is 0 Å². The molecule has 0 spiro atoms. The lowest BCUT2D eigenvalue weighted by atomic mass is 9.94. The first-order chi connectivity index (χ1) is 11.6. The van der Waals surface area contributed by atoms with E-state index in [2.05, 4.69) is 10.3 Å². The van der Waals surface area contributed by atoms with Crippen LogP contribution in [0.4, 0.5) is 0 Å². The molecule has 3 rings (SSSR count). The van der Waals surface area contributed by atoms with Crippen molar-refractivity contribution < 1.29 is 14.7 Å². The largest absolute Gasteiger partial charge is 0.481 e. The first-order valence-corrected chi connectivity index (χ1v) is 8.72. The molecule has 128 valence electrons. The van der Waals surface area contributed by atoms with Crippen LogP contribution in [0.1, 0.15) is 44.1 Å². The van der Waals surface area contributed by atoms with Gasteiger partial charge >= 0.3 is 5.97 Å². The van der Waals surface area contributed by atoms with Crippen LogP contribution in [-0.2, 0) is 16.0 Å². The van der Waals surface area contributed by atoms with Crippen LogP contribution in [0.3, 0.4) is 0 Å². The highest BCUT2D eigenvalue weighted by molar-refractivity contribution is 5.84. The minimum Gasteiger partial charge on any atom is -0.481 e. The summed E-state index contributed by atoms with van der Waals surface area (Å²) in [6, 6.07) is 7.79. The monoisotopic (exact) mass is 328 g/mol. The highest BCUT2D eigenvalue weighted by atomic mass is 16.4. The molecular formula is C19H24N2O3. The lowest BCUT2D eigenvalue weighted by Crippen LogP contribution is -2.42. The van der Waals surface area contributed by atoms with Gasteiger partial charge in [-0.3, -0.25) is 9.59 Å². The van der Waals surface area contributed by atoms with Gasteiger partial charge in [0.25, 0.3) is 0 Å². The van der Waals surface area contributed by atoms with E-state index in [0.29, 0.717) is 19.3 Å². The van der Waals surface area contributed by atoms with Gasteiger partial charge in [-0.25, -0.2) is 0 Å². The molecule has 1 fully saturated rings. The molecule has 1 aromatic heterocycles. The zero-order chi connectivity index (χ0) is 16.9. The molecule has 5 heteroatoms. The molecule has 1 aromatic carbocycles. The quantitative estimate of drug-likeness (QED) is 0.737. The molecular weight excluding hydrogens is 304 g/mol. The summed E-state index contributed by atoms with van der Waals surface area (Å²) in [6.07, 6.45) is 7.36. The summed E-state index contributed by atoms with van der Waals surface area (Å²) in [6.45, 7) is 0. The van der Waals surface area contributed by atoms with Crippen molar-refractivity contribution in [1.82, 2.24) is 10.3 Å². The predicted molar refractivity (Wildman–Crippen MR) is 92.8 cm³/mol. The number of nitrogens with one attached hydrogen (secondary N) is 2. The molecule has 1 aliphatic carbocycles. The van der Waals surface area contributed by atoms with Gasteiger partial charge in [-0.05, 0) is 30.9 Å². The number of aromatic amines is 1. The van der Waals surface area contributed by atoms with E-state index in [1.165, 1.54) is 0 Å². The lowest BCUT2D eigenvalue weighted by Gasteiger charge is -2.22. The number of carboxylic acids is 1. The highest BCUT2D eigenvalue weighted by Crippen LogP contribution is 2.24. The fourth-order valence-corrected chi connectivity index (χ4v) is 3.64. The molecule has 0 saturated heterocycles. The number of carboxylic acid groups (broad SMARTS) is 1. The average molecular weight is 328 g/mol. The minimum absolute atomic E-state index is 0.0570.